The van der Waals surface area contributed by atoms with Crippen LogP contribution in [0.4, 0.5) is 8.78 Å². The minimum absolute atomic E-state index is 0.138. The van der Waals surface area contributed by atoms with Gasteiger partial charge in [0.1, 0.15) is 17.2 Å². The zero-order valence-corrected chi connectivity index (χ0v) is 12.3. The molecule has 2 nitrogen and oxygen atoms in total. The molecule has 1 saturated carbocycles. The quantitative estimate of drug-likeness (QED) is 0.916. The maximum absolute atomic E-state index is 13.7. The van der Waals surface area contributed by atoms with Gasteiger partial charge in [-0.3, -0.25) is 5.32 Å². The fourth-order valence-electron chi connectivity index (χ4n) is 2.71. The molecule has 0 amide bonds. The van der Waals surface area contributed by atoms with Crippen molar-refractivity contribution in [3.05, 3.63) is 29.8 Å². The number of nitriles is 1. The third kappa shape index (κ3) is 3.50. The van der Waals surface area contributed by atoms with E-state index in [9.17, 15) is 14.0 Å². The summed E-state index contributed by atoms with van der Waals surface area (Å²) < 4.78 is 26.9. The van der Waals surface area contributed by atoms with Crippen molar-refractivity contribution in [2.45, 2.75) is 48.3 Å². The molecule has 1 N–H and O–H groups in total. The topological polar surface area (TPSA) is 35.8 Å². The van der Waals surface area contributed by atoms with Gasteiger partial charge in [-0.2, -0.15) is 5.26 Å². The summed E-state index contributed by atoms with van der Waals surface area (Å²) in [5, 5.41) is 12.8. The number of hydrogen-bond acceptors (Lipinski definition) is 3. The summed E-state index contributed by atoms with van der Waals surface area (Å²) in [4.78, 5) is 0.334. The van der Waals surface area contributed by atoms with E-state index in [4.69, 9.17) is 0 Å². The second-order valence-corrected chi connectivity index (χ2v) is 6.48. The Kier molecular flexibility index (Phi) is 5.00. The number of nitrogens with zero attached hydrogens (tertiary/aromatic N) is 1. The van der Waals surface area contributed by atoms with Crippen molar-refractivity contribution < 1.29 is 8.78 Å². The first-order chi connectivity index (χ1) is 9.58. The number of benzene rings is 1. The number of thioether (sulfide) groups is 1. The molecule has 2 rings (SSSR count). The van der Waals surface area contributed by atoms with Crippen molar-refractivity contribution in [1.29, 1.82) is 5.26 Å². The van der Waals surface area contributed by atoms with Crippen molar-refractivity contribution in [2.75, 3.05) is 6.54 Å². The molecular weight excluding hydrogens is 278 g/mol. The summed E-state index contributed by atoms with van der Waals surface area (Å²) in [7, 11) is 0. The Labute approximate surface area is 122 Å². The number of halogens is 2. The Morgan fingerprint density at radius 3 is 3.00 bits per heavy atom. The minimum Gasteiger partial charge on any atom is -0.300 e. The van der Waals surface area contributed by atoms with E-state index in [0.717, 1.165) is 37.9 Å². The van der Waals surface area contributed by atoms with Crippen molar-refractivity contribution in [2.24, 2.45) is 0 Å². The maximum atomic E-state index is 13.7. The molecule has 0 aromatic heterocycles. The summed E-state index contributed by atoms with van der Waals surface area (Å²) in [6.45, 7) is 2.71. The predicted molar refractivity (Wildman–Crippen MR) is 76.5 cm³/mol. The lowest BCUT2D eigenvalue weighted by molar-refractivity contribution is 0.309. The number of hydrogen-bond donors (Lipinski definition) is 1. The molecule has 0 bridgehead atoms. The molecule has 0 heterocycles. The normalized spacial score (nSPS) is 26.2. The maximum Gasteiger partial charge on any atom is 0.136 e. The first kappa shape index (κ1) is 15.3. The standard InChI is InChI=1S/C15H18F2N2S/c1-2-19-15(10-18)7-3-4-12(9-15)20-14-8-11(16)5-6-13(14)17/h5-6,8,12,19H,2-4,7,9H2,1H3. The Balaban J connectivity index is 2.10. The minimum atomic E-state index is -0.519. The SMILES string of the molecule is CCNC1(C#N)CCCC(Sc2cc(F)ccc2F)C1. The highest BCUT2D eigenvalue weighted by molar-refractivity contribution is 8.00. The van der Waals surface area contributed by atoms with Crippen LogP contribution in [0.25, 0.3) is 0 Å². The molecule has 0 spiro atoms. The van der Waals surface area contributed by atoms with Gasteiger partial charge in [-0.15, -0.1) is 11.8 Å². The van der Waals surface area contributed by atoms with Gasteiger partial charge in [-0.05, 0) is 50.4 Å². The van der Waals surface area contributed by atoms with E-state index in [0.29, 0.717) is 11.3 Å². The summed E-state index contributed by atoms with van der Waals surface area (Å²) >= 11 is 1.34. The van der Waals surface area contributed by atoms with E-state index in [1.807, 2.05) is 6.92 Å². The van der Waals surface area contributed by atoms with Crippen molar-refractivity contribution >= 4 is 11.8 Å². The lowest BCUT2D eigenvalue weighted by atomic mass is 9.82. The van der Waals surface area contributed by atoms with Crippen LogP contribution in [0.5, 0.6) is 0 Å². The highest BCUT2D eigenvalue weighted by Crippen LogP contribution is 2.39. The van der Waals surface area contributed by atoms with Gasteiger partial charge in [0, 0.05) is 10.1 Å². The fraction of sp³-hybridized carbons (Fsp3) is 0.533. The van der Waals surface area contributed by atoms with Gasteiger partial charge in [0.2, 0.25) is 0 Å². The largest absolute Gasteiger partial charge is 0.300 e. The number of nitrogens with one attached hydrogen (secondary N) is 1. The summed E-state index contributed by atoms with van der Waals surface area (Å²) in [5.41, 5.74) is -0.519. The molecule has 1 aromatic rings. The molecule has 1 fully saturated rings. The van der Waals surface area contributed by atoms with Crippen LogP contribution in [0.1, 0.15) is 32.6 Å². The second kappa shape index (κ2) is 6.55. The zero-order chi connectivity index (χ0) is 14.6. The predicted octanol–water partition coefficient (Wildman–Crippen LogP) is 3.87. The van der Waals surface area contributed by atoms with Gasteiger partial charge in [-0.25, -0.2) is 8.78 Å². The Bertz CT molecular complexity index is 511. The van der Waals surface area contributed by atoms with Gasteiger partial charge in [-0.1, -0.05) is 6.92 Å². The molecule has 0 aliphatic heterocycles. The van der Waals surface area contributed by atoms with Crippen LogP contribution in [0.3, 0.4) is 0 Å². The Morgan fingerprint density at radius 1 is 1.50 bits per heavy atom. The average Bonchev–Trinajstić information content (AvgIpc) is 2.44. The molecular formula is C15H18F2N2S. The third-order valence-electron chi connectivity index (χ3n) is 3.62. The van der Waals surface area contributed by atoms with E-state index >= 15 is 0 Å². The molecule has 108 valence electrons. The first-order valence-corrected chi connectivity index (χ1v) is 7.74. The van der Waals surface area contributed by atoms with Gasteiger partial charge < -0.3 is 0 Å². The van der Waals surface area contributed by atoms with Crippen LogP contribution in [0, 0.1) is 23.0 Å². The molecule has 1 aliphatic carbocycles. The van der Waals surface area contributed by atoms with E-state index < -0.39 is 17.2 Å². The Morgan fingerprint density at radius 2 is 2.30 bits per heavy atom. The van der Waals surface area contributed by atoms with Crippen molar-refractivity contribution in [3.8, 4) is 6.07 Å². The van der Waals surface area contributed by atoms with Crippen LogP contribution in [-0.2, 0) is 0 Å². The molecule has 20 heavy (non-hydrogen) atoms. The van der Waals surface area contributed by atoms with Crippen LogP contribution < -0.4 is 5.32 Å². The lowest BCUT2D eigenvalue weighted by Gasteiger charge is -2.36. The first-order valence-electron chi connectivity index (χ1n) is 6.86. The monoisotopic (exact) mass is 296 g/mol. The van der Waals surface area contributed by atoms with E-state index in [-0.39, 0.29) is 5.25 Å². The molecule has 2 unspecified atom stereocenters. The zero-order valence-electron chi connectivity index (χ0n) is 11.5. The summed E-state index contributed by atoms with van der Waals surface area (Å²) in [5.74, 6) is -0.823. The molecule has 5 heteroatoms. The van der Waals surface area contributed by atoms with Gasteiger partial charge in [0.05, 0.1) is 6.07 Å². The molecule has 1 aromatic carbocycles. The summed E-state index contributed by atoms with van der Waals surface area (Å²) in [6.07, 6.45) is 3.34. The van der Waals surface area contributed by atoms with Crippen LogP contribution in [0.2, 0.25) is 0 Å². The van der Waals surface area contributed by atoms with E-state index in [1.54, 1.807) is 0 Å². The van der Waals surface area contributed by atoms with Crippen molar-refractivity contribution in [3.63, 3.8) is 0 Å². The highest BCUT2D eigenvalue weighted by atomic mass is 32.2. The summed E-state index contributed by atoms with van der Waals surface area (Å²) in [6, 6.07) is 5.88. The second-order valence-electron chi connectivity index (χ2n) is 5.14. The average molecular weight is 296 g/mol. The van der Waals surface area contributed by atoms with Gasteiger partial charge >= 0.3 is 0 Å². The lowest BCUT2D eigenvalue weighted by Crippen LogP contribution is -2.48. The molecule has 0 saturated heterocycles. The third-order valence-corrected chi connectivity index (χ3v) is 4.92. The smallest absolute Gasteiger partial charge is 0.136 e. The number of rotatable bonds is 4. The molecule has 0 radical (unpaired) electrons. The fourth-order valence-corrected chi connectivity index (χ4v) is 4.08. The van der Waals surface area contributed by atoms with Crippen molar-refractivity contribution in [1.82, 2.24) is 5.32 Å². The van der Waals surface area contributed by atoms with E-state index in [2.05, 4.69) is 11.4 Å². The van der Waals surface area contributed by atoms with Gasteiger partial charge in [0.25, 0.3) is 0 Å². The van der Waals surface area contributed by atoms with Crippen LogP contribution >= 0.6 is 11.8 Å². The molecule has 2 atom stereocenters. The highest BCUT2D eigenvalue weighted by Gasteiger charge is 2.36. The van der Waals surface area contributed by atoms with E-state index in [1.165, 1.54) is 17.8 Å². The van der Waals surface area contributed by atoms with Crippen LogP contribution in [-0.4, -0.2) is 17.3 Å². The molecule has 1 aliphatic rings. The van der Waals surface area contributed by atoms with Gasteiger partial charge in [0.15, 0.2) is 0 Å². The Hall–Kier alpha value is -1.12. The van der Waals surface area contributed by atoms with Crippen LogP contribution in [0.15, 0.2) is 23.1 Å².